The van der Waals surface area contributed by atoms with E-state index in [0.29, 0.717) is 12.1 Å². The monoisotopic (exact) mass is 212 g/mol. The second-order valence-electron chi connectivity index (χ2n) is 3.76. The van der Waals surface area contributed by atoms with Crippen LogP contribution in [-0.2, 0) is 0 Å². The number of likely N-dealkylation sites (tertiary alicyclic amines) is 1. The van der Waals surface area contributed by atoms with Crippen molar-refractivity contribution in [3.63, 3.8) is 0 Å². The van der Waals surface area contributed by atoms with E-state index in [1.807, 2.05) is 11.6 Å². The van der Waals surface area contributed by atoms with Crippen LogP contribution in [0, 0.1) is 0 Å². The Morgan fingerprint density at radius 2 is 2.64 bits per heavy atom. The fourth-order valence-electron chi connectivity index (χ4n) is 2.15. The molecular weight excluding hydrogens is 196 g/mol. The van der Waals surface area contributed by atoms with Crippen LogP contribution in [0.25, 0.3) is 0 Å². The Balaban J connectivity index is 2.07. The molecule has 0 bridgehead atoms. The van der Waals surface area contributed by atoms with Gasteiger partial charge in [0.2, 0.25) is 0 Å². The highest BCUT2D eigenvalue weighted by molar-refractivity contribution is 7.09. The first-order valence-electron chi connectivity index (χ1n) is 5.09. The summed E-state index contributed by atoms with van der Waals surface area (Å²) in [5, 5.41) is 12.4. The summed E-state index contributed by atoms with van der Waals surface area (Å²) < 4.78 is 0. The number of hydrogen-bond donors (Lipinski definition) is 1. The van der Waals surface area contributed by atoms with Crippen molar-refractivity contribution in [2.24, 2.45) is 0 Å². The van der Waals surface area contributed by atoms with Crippen molar-refractivity contribution in [1.82, 2.24) is 9.88 Å². The van der Waals surface area contributed by atoms with Crippen LogP contribution < -0.4 is 0 Å². The van der Waals surface area contributed by atoms with E-state index in [4.69, 9.17) is 0 Å². The van der Waals surface area contributed by atoms with Gasteiger partial charge in [0.05, 0.1) is 12.6 Å². The first-order valence-corrected chi connectivity index (χ1v) is 5.97. The third-order valence-corrected chi connectivity index (χ3v) is 3.89. The number of nitrogens with zero attached hydrogens (tertiary/aromatic N) is 2. The van der Waals surface area contributed by atoms with Crippen molar-refractivity contribution < 1.29 is 5.11 Å². The normalized spacial score (nSPS) is 25.4. The molecule has 0 amide bonds. The van der Waals surface area contributed by atoms with Gasteiger partial charge in [-0.15, -0.1) is 11.3 Å². The molecule has 78 valence electrons. The van der Waals surface area contributed by atoms with Gasteiger partial charge in [0.1, 0.15) is 5.01 Å². The Morgan fingerprint density at radius 1 is 1.79 bits per heavy atom. The third-order valence-electron chi connectivity index (χ3n) is 2.94. The average molecular weight is 212 g/mol. The van der Waals surface area contributed by atoms with Crippen molar-refractivity contribution in [1.29, 1.82) is 0 Å². The number of thiazole rings is 1. The molecule has 0 aromatic carbocycles. The maximum atomic E-state index is 9.22. The Labute approximate surface area is 88.4 Å². The zero-order valence-corrected chi connectivity index (χ0v) is 9.20. The SMILES string of the molecule is C[C@H](c1nccs1)N1CCC[C@@H]1CO. The van der Waals surface area contributed by atoms with Gasteiger partial charge in [0.15, 0.2) is 0 Å². The van der Waals surface area contributed by atoms with Gasteiger partial charge >= 0.3 is 0 Å². The van der Waals surface area contributed by atoms with Crippen LogP contribution >= 0.6 is 11.3 Å². The molecule has 1 N–H and O–H groups in total. The van der Waals surface area contributed by atoms with Crippen LogP contribution in [0.2, 0.25) is 0 Å². The van der Waals surface area contributed by atoms with Crippen LogP contribution in [0.1, 0.15) is 30.8 Å². The quantitative estimate of drug-likeness (QED) is 0.828. The van der Waals surface area contributed by atoms with Crippen LogP contribution in [-0.4, -0.2) is 34.2 Å². The average Bonchev–Trinajstić information content (AvgIpc) is 2.87. The van der Waals surface area contributed by atoms with Gasteiger partial charge in [0, 0.05) is 17.6 Å². The molecular formula is C10H16N2OS. The summed E-state index contributed by atoms with van der Waals surface area (Å²) >= 11 is 1.70. The largest absolute Gasteiger partial charge is 0.395 e. The molecule has 1 aromatic rings. The Hall–Kier alpha value is -0.450. The van der Waals surface area contributed by atoms with Crippen LogP contribution in [0.3, 0.4) is 0 Å². The zero-order chi connectivity index (χ0) is 9.97. The van der Waals surface area contributed by atoms with E-state index in [2.05, 4.69) is 16.8 Å². The second kappa shape index (κ2) is 4.38. The molecule has 0 radical (unpaired) electrons. The molecule has 0 spiro atoms. The summed E-state index contributed by atoms with van der Waals surface area (Å²) in [6.45, 7) is 3.54. The van der Waals surface area contributed by atoms with Gasteiger partial charge in [-0.25, -0.2) is 4.98 Å². The van der Waals surface area contributed by atoms with E-state index in [1.54, 1.807) is 11.3 Å². The predicted molar refractivity (Wildman–Crippen MR) is 57.3 cm³/mol. The van der Waals surface area contributed by atoms with Gasteiger partial charge in [-0.1, -0.05) is 0 Å². The molecule has 1 fully saturated rings. The lowest BCUT2D eigenvalue weighted by atomic mass is 10.2. The number of aromatic nitrogens is 1. The molecule has 3 nitrogen and oxygen atoms in total. The predicted octanol–water partition coefficient (Wildman–Crippen LogP) is 1.66. The zero-order valence-electron chi connectivity index (χ0n) is 8.39. The van der Waals surface area contributed by atoms with E-state index < -0.39 is 0 Å². The van der Waals surface area contributed by atoms with E-state index in [0.717, 1.165) is 18.0 Å². The van der Waals surface area contributed by atoms with Crippen molar-refractivity contribution in [2.75, 3.05) is 13.2 Å². The van der Waals surface area contributed by atoms with Crippen LogP contribution in [0.4, 0.5) is 0 Å². The van der Waals surface area contributed by atoms with E-state index in [-0.39, 0.29) is 6.61 Å². The van der Waals surface area contributed by atoms with Crippen molar-refractivity contribution in [2.45, 2.75) is 31.8 Å². The van der Waals surface area contributed by atoms with Crippen LogP contribution in [0.15, 0.2) is 11.6 Å². The van der Waals surface area contributed by atoms with Crippen molar-refractivity contribution >= 4 is 11.3 Å². The van der Waals surface area contributed by atoms with Crippen molar-refractivity contribution in [3.8, 4) is 0 Å². The molecule has 1 aliphatic heterocycles. The minimum Gasteiger partial charge on any atom is -0.395 e. The first kappa shape index (κ1) is 10.1. The summed E-state index contributed by atoms with van der Waals surface area (Å²) in [6, 6.07) is 0.698. The molecule has 2 atom stereocenters. The minimum atomic E-state index is 0.274. The molecule has 1 aromatic heterocycles. The molecule has 1 saturated heterocycles. The fourth-order valence-corrected chi connectivity index (χ4v) is 2.86. The first-order chi connectivity index (χ1) is 6.83. The van der Waals surface area contributed by atoms with E-state index in [1.165, 1.54) is 6.42 Å². The highest BCUT2D eigenvalue weighted by Crippen LogP contribution is 2.29. The lowest BCUT2D eigenvalue weighted by molar-refractivity contribution is 0.126. The Bertz CT molecular complexity index is 276. The van der Waals surface area contributed by atoms with Gasteiger partial charge in [-0.05, 0) is 26.3 Å². The highest BCUT2D eigenvalue weighted by Gasteiger charge is 2.29. The number of aliphatic hydroxyl groups is 1. The lowest BCUT2D eigenvalue weighted by Crippen LogP contribution is -2.34. The number of rotatable bonds is 3. The van der Waals surface area contributed by atoms with E-state index in [9.17, 15) is 5.11 Å². The smallest absolute Gasteiger partial charge is 0.109 e. The molecule has 1 aliphatic rings. The maximum Gasteiger partial charge on any atom is 0.109 e. The molecule has 2 heterocycles. The molecule has 4 heteroatoms. The fraction of sp³-hybridized carbons (Fsp3) is 0.700. The summed E-state index contributed by atoms with van der Waals surface area (Å²) in [4.78, 5) is 6.68. The molecule has 0 saturated carbocycles. The molecule has 0 unspecified atom stereocenters. The highest BCUT2D eigenvalue weighted by atomic mass is 32.1. The molecule has 14 heavy (non-hydrogen) atoms. The Morgan fingerprint density at radius 3 is 3.29 bits per heavy atom. The summed E-state index contributed by atoms with van der Waals surface area (Å²) in [6.07, 6.45) is 4.16. The number of aliphatic hydroxyl groups excluding tert-OH is 1. The topological polar surface area (TPSA) is 36.4 Å². The van der Waals surface area contributed by atoms with Gasteiger partial charge in [0.25, 0.3) is 0 Å². The third kappa shape index (κ3) is 1.82. The van der Waals surface area contributed by atoms with Crippen LogP contribution in [0.5, 0.6) is 0 Å². The summed E-state index contributed by atoms with van der Waals surface area (Å²) in [5.41, 5.74) is 0. The lowest BCUT2D eigenvalue weighted by Gasteiger charge is -2.27. The summed E-state index contributed by atoms with van der Waals surface area (Å²) in [5.74, 6) is 0. The minimum absolute atomic E-state index is 0.274. The number of hydrogen-bond acceptors (Lipinski definition) is 4. The molecule has 0 aliphatic carbocycles. The van der Waals surface area contributed by atoms with Gasteiger partial charge in [-0.3, -0.25) is 4.90 Å². The maximum absolute atomic E-state index is 9.22. The standard InChI is InChI=1S/C10H16N2OS/c1-8(10-11-4-6-14-10)12-5-2-3-9(12)7-13/h4,6,8-9,13H,2-3,5,7H2,1H3/t8-,9-/m1/s1. The van der Waals surface area contributed by atoms with Gasteiger partial charge in [-0.2, -0.15) is 0 Å². The van der Waals surface area contributed by atoms with E-state index >= 15 is 0 Å². The molecule has 2 rings (SSSR count). The Kier molecular flexibility index (Phi) is 3.15. The van der Waals surface area contributed by atoms with Gasteiger partial charge < -0.3 is 5.11 Å². The summed E-state index contributed by atoms with van der Waals surface area (Å²) in [7, 11) is 0. The second-order valence-corrected chi connectivity index (χ2v) is 4.69. The van der Waals surface area contributed by atoms with Crippen molar-refractivity contribution in [3.05, 3.63) is 16.6 Å².